The first-order valence-corrected chi connectivity index (χ1v) is 12.2. The first-order valence-electron chi connectivity index (χ1n) is 12.2. The lowest BCUT2D eigenvalue weighted by Gasteiger charge is -2.26. The summed E-state index contributed by atoms with van der Waals surface area (Å²) in [5.74, 6) is -0.120. The molecule has 1 heterocycles. The predicted molar refractivity (Wildman–Crippen MR) is 140 cm³/mol. The Labute approximate surface area is 216 Å². The Balaban J connectivity index is 1.46. The first-order chi connectivity index (χ1) is 17.9. The van der Waals surface area contributed by atoms with E-state index in [1.54, 1.807) is 31.4 Å². The van der Waals surface area contributed by atoms with Gasteiger partial charge in [-0.05, 0) is 55.2 Å². The van der Waals surface area contributed by atoms with Gasteiger partial charge in [-0.2, -0.15) is 0 Å². The number of methoxy groups -OCH3 is 1. The number of rotatable bonds is 8. The molecule has 1 fully saturated rings. The van der Waals surface area contributed by atoms with Crippen molar-refractivity contribution in [3.05, 3.63) is 95.6 Å². The molecule has 0 radical (unpaired) electrons. The zero-order valence-electron chi connectivity index (χ0n) is 21.0. The fourth-order valence-corrected chi connectivity index (χ4v) is 4.25. The van der Waals surface area contributed by atoms with E-state index in [1.165, 1.54) is 4.90 Å². The third-order valence-corrected chi connectivity index (χ3v) is 6.31. The molecule has 192 valence electrons. The zero-order chi connectivity index (χ0) is 26.2. The molecule has 2 N–H and O–H groups in total. The minimum Gasteiger partial charge on any atom is -0.497 e. The van der Waals surface area contributed by atoms with Gasteiger partial charge in [-0.1, -0.05) is 60.2 Å². The molecule has 0 unspecified atom stereocenters. The summed E-state index contributed by atoms with van der Waals surface area (Å²) in [4.78, 5) is 40.9. The standard InChI is InChI=1S/C29H31N3O5/c1-20-10-12-22(13-11-20)26(28(34)30-23-14-16-24(36-2)17-15-23)31-27(33)25-9-6-18-32(25)29(35)37-19-21-7-4-3-5-8-21/h3-5,7-8,10-17,25-26H,6,9,18-19H2,1-2H3,(H,30,34)(H,31,33)/t25-,26-/m0/s1. The molecule has 3 amide bonds. The van der Waals surface area contributed by atoms with Crippen LogP contribution in [0.1, 0.15) is 35.6 Å². The number of aryl methyl sites for hydroxylation is 1. The normalized spacial score (nSPS) is 15.5. The molecule has 0 aliphatic carbocycles. The maximum Gasteiger partial charge on any atom is 0.410 e. The van der Waals surface area contributed by atoms with Crippen LogP contribution in [0.2, 0.25) is 0 Å². The smallest absolute Gasteiger partial charge is 0.410 e. The molecule has 37 heavy (non-hydrogen) atoms. The minimum atomic E-state index is -0.946. The van der Waals surface area contributed by atoms with Gasteiger partial charge in [0.25, 0.3) is 5.91 Å². The van der Waals surface area contributed by atoms with Crippen LogP contribution in [-0.2, 0) is 20.9 Å². The minimum absolute atomic E-state index is 0.126. The molecule has 2 atom stereocenters. The summed E-state index contributed by atoms with van der Waals surface area (Å²) in [6.07, 6.45) is 0.620. The summed E-state index contributed by atoms with van der Waals surface area (Å²) in [6.45, 7) is 2.49. The third-order valence-electron chi connectivity index (χ3n) is 6.31. The lowest BCUT2D eigenvalue weighted by molar-refractivity contribution is -0.129. The lowest BCUT2D eigenvalue weighted by Crippen LogP contribution is -2.48. The first kappa shape index (κ1) is 25.8. The van der Waals surface area contributed by atoms with Crippen molar-refractivity contribution in [2.75, 3.05) is 19.0 Å². The second-order valence-electron chi connectivity index (χ2n) is 8.96. The van der Waals surface area contributed by atoms with E-state index >= 15 is 0 Å². The van der Waals surface area contributed by atoms with E-state index in [4.69, 9.17) is 9.47 Å². The van der Waals surface area contributed by atoms with Gasteiger partial charge >= 0.3 is 6.09 Å². The zero-order valence-corrected chi connectivity index (χ0v) is 21.0. The highest BCUT2D eigenvalue weighted by Gasteiger charge is 2.37. The van der Waals surface area contributed by atoms with Crippen molar-refractivity contribution in [1.29, 1.82) is 0 Å². The van der Waals surface area contributed by atoms with Gasteiger partial charge < -0.3 is 20.1 Å². The average Bonchev–Trinajstić information content (AvgIpc) is 3.42. The average molecular weight is 502 g/mol. The Bertz CT molecular complexity index is 1210. The second-order valence-corrected chi connectivity index (χ2v) is 8.96. The van der Waals surface area contributed by atoms with Gasteiger partial charge in [0.1, 0.15) is 24.4 Å². The Morgan fingerprint density at radius 1 is 0.973 bits per heavy atom. The summed E-state index contributed by atoms with van der Waals surface area (Å²) in [7, 11) is 1.57. The summed E-state index contributed by atoms with van der Waals surface area (Å²) in [5.41, 5.74) is 3.11. The van der Waals surface area contributed by atoms with Gasteiger partial charge in [0.05, 0.1) is 7.11 Å². The number of amides is 3. The fraction of sp³-hybridized carbons (Fsp3) is 0.276. The maximum atomic E-state index is 13.4. The van der Waals surface area contributed by atoms with Crippen molar-refractivity contribution in [2.24, 2.45) is 0 Å². The highest BCUT2D eigenvalue weighted by Crippen LogP contribution is 2.23. The van der Waals surface area contributed by atoms with Crippen molar-refractivity contribution < 1.29 is 23.9 Å². The van der Waals surface area contributed by atoms with E-state index in [9.17, 15) is 14.4 Å². The number of benzene rings is 3. The van der Waals surface area contributed by atoms with E-state index < -0.39 is 30.0 Å². The van der Waals surface area contributed by atoms with Gasteiger partial charge in [-0.25, -0.2) is 4.79 Å². The molecule has 0 bridgehead atoms. The summed E-state index contributed by atoms with van der Waals surface area (Å²) in [5, 5.41) is 5.73. The molecule has 0 spiro atoms. The van der Waals surface area contributed by atoms with E-state index in [0.717, 1.165) is 11.1 Å². The number of likely N-dealkylation sites (tertiary alicyclic amines) is 1. The van der Waals surface area contributed by atoms with Gasteiger partial charge in [0, 0.05) is 12.2 Å². The molecule has 0 aromatic heterocycles. The van der Waals surface area contributed by atoms with Crippen molar-refractivity contribution >= 4 is 23.6 Å². The van der Waals surface area contributed by atoms with E-state index in [-0.39, 0.29) is 6.61 Å². The fourth-order valence-electron chi connectivity index (χ4n) is 4.25. The monoisotopic (exact) mass is 501 g/mol. The molecular formula is C29H31N3O5. The largest absolute Gasteiger partial charge is 0.497 e. The Kier molecular flexibility index (Phi) is 8.40. The maximum absolute atomic E-state index is 13.4. The predicted octanol–water partition coefficient (Wildman–Crippen LogP) is 4.60. The third kappa shape index (κ3) is 6.67. The van der Waals surface area contributed by atoms with Crippen molar-refractivity contribution in [1.82, 2.24) is 10.2 Å². The van der Waals surface area contributed by atoms with E-state index in [0.29, 0.717) is 36.4 Å². The van der Waals surface area contributed by atoms with Crippen LogP contribution >= 0.6 is 0 Å². The van der Waals surface area contributed by atoms with Gasteiger partial charge in [-0.3, -0.25) is 14.5 Å². The lowest BCUT2D eigenvalue weighted by atomic mass is 10.0. The quantitative estimate of drug-likeness (QED) is 0.470. The van der Waals surface area contributed by atoms with Crippen LogP contribution in [-0.4, -0.2) is 42.5 Å². The molecule has 1 aliphatic rings. The Hall–Kier alpha value is -4.33. The highest BCUT2D eigenvalue weighted by molar-refractivity contribution is 5.99. The SMILES string of the molecule is COc1ccc(NC(=O)[C@@H](NC(=O)[C@@H]2CCCN2C(=O)OCc2ccccc2)c2ccc(C)cc2)cc1. The summed E-state index contributed by atoms with van der Waals surface area (Å²) >= 11 is 0. The Morgan fingerprint density at radius 2 is 1.68 bits per heavy atom. The molecule has 8 nitrogen and oxygen atoms in total. The van der Waals surface area contributed by atoms with E-state index in [1.807, 2.05) is 61.5 Å². The van der Waals surface area contributed by atoms with Gasteiger partial charge in [0.2, 0.25) is 5.91 Å². The van der Waals surface area contributed by atoms with Crippen LogP contribution in [0.3, 0.4) is 0 Å². The Morgan fingerprint density at radius 3 is 2.35 bits per heavy atom. The van der Waals surface area contributed by atoms with E-state index in [2.05, 4.69) is 10.6 Å². The molecule has 0 saturated carbocycles. The van der Waals surface area contributed by atoms with Crippen LogP contribution < -0.4 is 15.4 Å². The number of hydrogen-bond donors (Lipinski definition) is 2. The van der Waals surface area contributed by atoms with Crippen LogP contribution in [0.25, 0.3) is 0 Å². The van der Waals surface area contributed by atoms with Crippen LogP contribution in [0.15, 0.2) is 78.9 Å². The van der Waals surface area contributed by atoms with Crippen LogP contribution in [0.5, 0.6) is 5.75 Å². The number of carbonyl (C=O) groups is 3. The van der Waals surface area contributed by atoms with Crippen LogP contribution in [0, 0.1) is 6.92 Å². The van der Waals surface area contributed by atoms with Crippen molar-refractivity contribution in [2.45, 2.75) is 38.5 Å². The number of nitrogens with zero attached hydrogens (tertiary/aromatic N) is 1. The number of hydrogen-bond acceptors (Lipinski definition) is 5. The van der Waals surface area contributed by atoms with Gasteiger partial charge in [-0.15, -0.1) is 0 Å². The topological polar surface area (TPSA) is 97.0 Å². The van der Waals surface area contributed by atoms with Crippen molar-refractivity contribution in [3.8, 4) is 5.75 Å². The second kappa shape index (κ2) is 12.1. The number of carbonyl (C=O) groups excluding carboxylic acids is 3. The van der Waals surface area contributed by atoms with Crippen LogP contribution in [0.4, 0.5) is 10.5 Å². The summed E-state index contributed by atoms with van der Waals surface area (Å²) < 4.78 is 10.6. The molecule has 3 aromatic carbocycles. The molecule has 8 heteroatoms. The van der Waals surface area contributed by atoms with Crippen molar-refractivity contribution in [3.63, 3.8) is 0 Å². The molecular weight excluding hydrogens is 470 g/mol. The molecule has 3 aromatic rings. The number of ether oxygens (including phenoxy) is 2. The summed E-state index contributed by atoms with van der Waals surface area (Å²) in [6, 6.07) is 22.1. The highest BCUT2D eigenvalue weighted by atomic mass is 16.6. The van der Waals surface area contributed by atoms with Gasteiger partial charge in [0.15, 0.2) is 0 Å². The molecule has 1 aliphatic heterocycles. The number of nitrogens with one attached hydrogen (secondary N) is 2. The molecule has 1 saturated heterocycles. The number of anilines is 1. The molecule has 4 rings (SSSR count).